The molecule has 0 fully saturated rings. The number of aryl methyl sites for hydroxylation is 2. The number of hydrogen-bond donors (Lipinski definition) is 3. The number of aromatic amines is 1. The lowest BCUT2D eigenvalue weighted by Crippen LogP contribution is -2.12. The van der Waals surface area contributed by atoms with Gasteiger partial charge in [-0.15, -0.1) is 0 Å². The number of carboxylic acids is 1. The molecule has 6 heteroatoms. The third-order valence-electron chi connectivity index (χ3n) is 2.85. The third kappa shape index (κ3) is 3.79. The first-order chi connectivity index (χ1) is 9.95. The Hall–Kier alpha value is -2.89. The normalized spacial score (nSPS) is 10.8. The van der Waals surface area contributed by atoms with Crippen LogP contribution in [0.5, 0.6) is 0 Å². The van der Waals surface area contributed by atoms with Gasteiger partial charge < -0.3 is 10.4 Å². The summed E-state index contributed by atoms with van der Waals surface area (Å²) in [5.41, 5.74) is 3.38. The Morgan fingerprint density at radius 2 is 2.05 bits per heavy atom. The van der Waals surface area contributed by atoms with Crippen LogP contribution in [0.25, 0.3) is 6.08 Å². The van der Waals surface area contributed by atoms with E-state index in [0.29, 0.717) is 22.5 Å². The summed E-state index contributed by atoms with van der Waals surface area (Å²) in [5.74, 6) is -1.28. The van der Waals surface area contributed by atoms with Crippen LogP contribution in [0.2, 0.25) is 0 Å². The molecule has 2 aromatic rings. The van der Waals surface area contributed by atoms with Gasteiger partial charge in [0.05, 0.1) is 11.8 Å². The molecule has 0 aliphatic carbocycles. The molecule has 2 rings (SSSR count). The maximum atomic E-state index is 12.1. The Labute approximate surface area is 121 Å². The molecular weight excluding hydrogens is 270 g/mol. The van der Waals surface area contributed by atoms with Crippen LogP contribution in [0, 0.1) is 13.8 Å². The molecule has 0 aliphatic heterocycles. The second-order valence-corrected chi connectivity index (χ2v) is 4.67. The van der Waals surface area contributed by atoms with Gasteiger partial charge >= 0.3 is 5.97 Å². The van der Waals surface area contributed by atoms with E-state index in [-0.39, 0.29) is 5.91 Å². The number of benzene rings is 1. The van der Waals surface area contributed by atoms with E-state index in [1.165, 1.54) is 12.3 Å². The lowest BCUT2D eigenvalue weighted by atomic mass is 10.1. The minimum Gasteiger partial charge on any atom is -0.478 e. The zero-order valence-corrected chi connectivity index (χ0v) is 11.7. The zero-order chi connectivity index (χ0) is 15.4. The molecule has 0 atom stereocenters. The first kappa shape index (κ1) is 14.5. The van der Waals surface area contributed by atoms with Gasteiger partial charge in [0.15, 0.2) is 0 Å². The minimum absolute atomic E-state index is 0.264. The maximum Gasteiger partial charge on any atom is 0.328 e. The van der Waals surface area contributed by atoms with Crippen molar-refractivity contribution < 1.29 is 14.7 Å². The predicted octanol–water partition coefficient (Wildman–Crippen LogP) is 2.38. The van der Waals surface area contributed by atoms with Gasteiger partial charge in [0, 0.05) is 17.5 Å². The van der Waals surface area contributed by atoms with Crippen molar-refractivity contribution in [2.45, 2.75) is 13.8 Å². The average Bonchev–Trinajstić information content (AvgIpc) is 2.82. The van der Waals surface area contributed by atoms with Crippen molar-refractivity contribution in [2.24, 2.45) is 0 Å². The lowest BCUT2D eigenvalue weighted by Gasteiger charge is -2.07. The largest absolute Gasteiger partial charge is 0.478 e. The smallest absolute Gasteiger partial charge is 0.328 e. The van der Waals surface area contributed by atoms with Crippen LogP contribution in [-0.2, 0) is 4.79 Å². The van der Waals surface area contributed by atoms with Gasteiger partial charge in [-0.05, 0) is 43.2 Å². The fourth-order valence-corrected chi connectivity index (χ4v) is 1.93. The molecular formula is C15H15N3O3. The summed E-state index contributed by atoms with van der Waals surface area (Å²) >= 11 is 0. The van der Waals surface area contributed by atoms with Gasteiger partial charge in [-0.25, -0.2) is 4.79 Å². The van der Waals surface area contributed by atoms with Crippen LogP contribution in [0.15, 0.2) is 30.5 Å². The van der Waals surface area contributed by atoms with E-state index in [0.717, 1.165) is 11.6 Å². The molecule has 108 valence electrons. The number of rotatable bonds is 4. The van der Waals surface area contributed by atoms with E-state index in [9.17, 15) is 9.59 Å². The van der Waals surface area contributed by atoms with E-state index in [4.69, 9.17) is 5.11 Å². The SMILES string of the molecule is Cc1cc(/C=C/C(=O)O)cc(NC(=O)c2cn[nH]c2C)c1. The van der Waals surface area contributed by atoms with Crippen molar-refractivity contribution in [3.05, 3.63) is 52.9 Å². The fourth-order valence-electron chi connectivity index (χ4n) is 1.93. The molecule has 0 saturated heterocycles. The highest BCUT2D eigenvalue weighted by atomic mass is 16.4. The van der Waals surface area contributed by atoms with Crippen molar-refractivity contribution in [1.82, 2.24) is 10.2 Å². The van der Waals surface area contributed by atoms with Crippen molar-refractivity contribution >= 4 is 23.6 Å². The van der Waals surface area contributed by atoms with Gasteiger partial charge in [0.1, 0.15) is 0 Å². The van der Waals surface area contributed by atoms with Crippen molar-refractivity contribution in [3.8, 4) is 0 Å². The highest BCUT2D eigenvalue weighted by Crippen LogP contribution is 2.17. The van der Waals surface area contributed by atoms with Crippen LogP contribution < -0.4 is 5.32 Å². The minimum atomic E-state index is -1.02. The summed E-state index contributed by atoms with van der Waals surface area (Å²) in [6.07, 6.45) is 4.00. The Bertz CT molecular complexity index is 717. The average molecular weight is 285 g/mol. The number of amides is 1. The molecule has 6 nitrogen and oxygen atoms in total. The van der Waals surface area contributed by atoms with E-state index >= 15 is 0 Å². The van der Waals surface area contributed by atoms with Gasteiger partial charge in [-0.2, -0.15) is 5.10 Å². The summed E-state index contributed by atoms with van der Waals surface area (Å²) in [6.45, 7) is 3.63. The van der Waals surface area contributed by atoms with E-state index < -0.39 is 5.97 Å². The van der Waals surface area contributed by atoms with Crippen LogP contribution >= 0.6 is 0 Å². The first-order valence-corrected chi connectivity index (χ1v) is 6.30. The topological polar surface area (TPSA) is 95.1 Å². The number of nitrogens with one attached hydrogen (secondary N) is 2. The van der Waals surface area contributed by atoms with Crippen LogP contribution in [-0.4, -0.2) is 27.2 Å². The number of aliphatic carboxylic acids is 1. The number of carbonyl (C=O) groups is 2. The van der Waals surface area contributed by atoms with Crippen molar-refractivity contribution in [3.63, 3.8) is 0 Å². The van der Waals surface area contributed by atoms with Gasteiger partial charge in [-0.3, -0.25) is 9.89 Å². The van der Waals surface area contributed by atoms with Gasteiger partial charge in [-0.1, -0.05) is 6.07 Å². The van der Waals surface area contributed by atoms with Gasteiger partial charge in [0.25, 0.3) is 5.91 Å². The number of carbonyl (C=O) groups excluding carboxylic acids is 1. The number of nitrogens with zero attached hydrogens (tertiary/aromatic N) is 1. The molecule has 1 aromatic carbocycles. The zero-order valence-electron chi connectivity index (χ0n) is 11.7. The van der Waals surface area contributed by atoms with Crippen molar-refractivity contribution in [2.75, 3.05) is 5.32 Å². The molecule has 0 aliphatic rings. The summed E-state index contributed by atoms with van der Waals surface area (Å²) in [6, 6.07) is 5.35. The molecule has 0 saturated carbocycles. The first-order valence-electron chi connectivity index (χ1n) is 6.30. The molecule has 0 spiro atoms. The molecule has 1 heterocycles. The van der Waals surface area contributed by atoms with Crippen LogP contribution in [0.1, 0.15) is 27.2 Å². The van der Waals surface area contributed by atoms with E-state index in [2.05, 4.69) is 15.5 Å². The highest BCUT2D eigenvalue weighted by Gasteiger charge is 2.11. The van der Waals surface area contributed by atoms with Gasteiger partial charge in [0.2, 0.25) is 0 Å². The van der Waals surface area contributed by atoms with E-state index in [1.54, 1.807) is 13.0 Å². The highest BCUT2D eigenvalue weighted by molar-refractivity contribution is 6.05. The third-order valence-corrected chi connectivity index (χ3v) is 2.85. The molecule has 0 unspecified atom stereocenters. The summed E-state index contributed by atoms with van der Waals surface area (Å²) in [4.78, 5) is 22.6. The summed E-state index contributed by atoms with van der Waals surface area (Å²) < 4.78 is 0. The number of aromatic nitrogens is 2. The lowest BCUT2D eigenvalue weighted by molar-refractivity contribution is -0.131. The second-order valence-electron chi connectivity index (χ2n) is 4.67. The molecule has 1 amide bonds. The Balaban J connectivity index is 2.22. The molecule has 0 radical (unpaired) electrons. The Morgan fingerprint density at radius 1 is 1.29 bits per heavy atom. The number of H-pyrrole nitrogens is 1. The van der Waals surface area contributed by atoms with Crippen LogP contribution in [0.3, 0.4) is 0 Å². The van der Waals surface area contributed by atoms with Crippen molar-refractivity contribution in [1.29, 1.82) is 0 Å². The Kier molecular flexibility index (Phi) is 4.18. The van der Waals surface area contributed by atoms with Crippen LogP contribution in [0.4, 0.5) is 5.69 Å². The predicted molar refractivity (Wildman–Crippen MR) is 79.1 cm³/mol. The molecule has 3 N–H and O–H groups in total. The summed E-state index contributed by atoms with van der Waals surface area (Å²) in [7, 11) is 0. The maximum absolute atomic E-state index is 12.1. The number of carboxylic acid groups (broad SMARTS) is 1. The Morgan fingerprint density at radius 3 is 2.67 bits per heavy atom. The molecule has 21 heavy (non-hydrogen) atoms. The number of anilines is 1. The standard InChI is InChI=1S/C15H15N3O3/c1-9-5-11(3-4-14(19)20)7-12(6-9)17-15(21)13-8-16-18-10(13)2/h3-8H,1-2H3,(H,16,18)(H,17,21)(H,19,20)/b4-3+. The molecule has 0 bridgehead atoms. The quantitative estimate of drug-likeness (QED) is 0.751. The second kappa shape index (κ2) is 6.04. The fraction of sp³-hybridized carbons (Fsp3) is 0.133. The summed E-state index contributed by atoms with van der Waals surface area (Å²) in [5, 5.41) is 17.9. The monoisotopic (exact) mass is 285 g/mol. The molecule has 1 aromatic heterocycles. The number of hydrogen-bond acceptors (Lipinski definition) is 3. The van der Waals surface area contributed by atoms with E-state index in [1.807, 2.05) is 19.1 Å².